The van der Waals surface area contributed by atoms with Crippen molar-refractivity contribution in [2.45, 2.75) is 20.3 Å². The Morgan fingerprint density at radius 3 is 3.00 bits per heavy atom. The molecule has 0 aliphatic carbocycles. The van der Waals surface area contributed by atoms with Crippen LogP contribution in [0.1, 0.15) is 19.4 Å². The van der Waals surface area contributed by atoms with E-state index in [-0.39, 0.29) is 0 Å². The Balaban J connectivity index is 2.37. The lowest BCUT2D eigenvalue weighted by Crippen LogP contribution is -1.93. The second-order valence-corrected chi connectivity index (χ2v) is 3.81. The summed E-state index contributed by atoms with van der Waals surface area (Å²) < 4.78 is 4.87. The summed E-state index contributed by atoms with van der Waals surface area (Å²) in [5, 5.41) is 4.99. The third-order valence-electron chi connectivity index (χ3n) is 2.07. The Bertz CT molecular complexity index is 403. The van der Waals surface area contributed by atoms with Crippen molar-refractivity contribution < 1.29 is 4.52 Å². The van der Waals surface area contributed by atoms with Crippen LogP contribution < -0.4 is 0 Å². The molecule has 0 radical (unpaired) electrons. The van der Waals surface area contributed by atoms with Gasteiger partial charge >= 0.3 is 0 Å². The first kappa shape index (κ1) is 8.30. The van der Waals surface area contributed by atoms with E-state index in [1.54, 1.807) is 6.26 Å². The molecule has 0 bridgehead atoms. The fourth-order valence-corrected chi connectivity index (χ4v) is 1.51. The summed E-state index contributed by atoms with van der Waals surface area (Å²) in [7, 11) is 0. The van der Waals surface area contributed by atoms with E-state index in [4.69, 9.17) is 4.52 Å². The molecule has 0 aliphatic rings. The van der Waals surface area contributed by atoms with Crippen molar-refractivity contribution in [3.63, 3.8) is 0 Å². The van der Waals surface area contributed by atoms with Crippen molar-refractivity contribution in [2.75, 3.05) is 0 Å². The number of aromatic nitrogens is 1. The first-order chi connectivity index (χ1) is 6.25. The van der Waals surface area contributed by atoms with Crippen molar-refractivity contribution >= 4 is 10.9 Å². The smallest absolute Gasteiger partial charge is 0.131 e. The van der Waals surface area contributed by atoms with Gasteiger partial charge in [-0.3, -0.25) is 0 Å². The first-order valence-corrected chi connectivity index (χ1v) is 4.59. The molecule has 1 heterocycles. The highest BCUT2D eigenvalue weighted by molar-refractivity contribution is 5.77. The molecule has 0 spiro atoms. The number of rotatable bonds is 2. The van der Waals surface area contributed by atoms with Gasteiger partial charge in [-0.2, -0.15) is 0 Å². The average Bonchev–Trinajstić information content (AvgIpc) is 2.49. The van der Waals surface area contributed by atoms with Gasteiger partial charge in [0.15, 0.2) is 0 Å². The van der Waals surface area contributed by atoms with Crippen LogP contribution in [0.5, 0.6) is 0 Å². The molecule has 0 aliphatic heterocycles. The van der Waals surface area contributed by atoms with Crippen LogP contribution in [0.2, 0.25) is 0 Å². The number of hydrogen-bond donors (Lipinski definition) is 0. The molecule has 1 aromatic heterocycles. The van der Waals surface area contributed by atoms with Crippen LogP contribution in [-0.2, 0) is 6.42 Å². The minimum absolute atomic E-state index is 0.685. The third kappa shape index (κ3) is 1.72. The van der Waals surface area contributed by atoms with Crippen LogP contribution in [0.3, 0.4) is 0 Å². The van der Waals surface area contributed by atoms with Gasteiger partial charge in [-0.05, 0) is 30.0 Å². The highest BCUT2D eigenvalue weighted by Crippen LogP contribution is 2.16. The molecule has 2 nitrogen and oxygen atoms in total. The van der Waals surface area contributed by atoms with Crippen LogP contribution in [0, 0.1) is 5.92 Å². The average molecular weight is 175 g/mol. The molecule has 68 valence electrons. The lowest BCUT2D eigenvalue weighted by molar-refractivity contribution is 0.428. The van der Waals surface area contributed by atoms with Gasteiger partial charge in [0.25, 0.3) is 0 Å². The van der Waals surface area contributed by atoms with Crippen molar-refractivity contribution in [3.8, 4) is 0 Å². The van der Waals surface area contributed by atoms with E-state index in [1.165, 1.54) is 5.56 Å². The van der Waals surface area contributed by atoms with Crippen molar-refractivity contribution in [2.24, 2.45) is 5.92 Å². The Hall–Kier alpha value is -1.31. The van der Waals surface area contributed by atoms with Gasteiger partial charge in [0.2, 0.25) is 0 Å². The lowest BCUT2D eigenvalue weighted by atomic mass is 10.0. The zero-order valence-corrected chi connectivity index (χ0v) is 7.95. The fourth-order valence-electron chi connectivity index (χ4n) is 1.51. The van der Waals surface area contributed by atoms with E-state index in [2.05, 4.69) is 37.2 Å². The summed E-state index contributed by atoms with van der Waals surface area (Å²) >= 11 is 0. The molecule has 0 unspecified atom stereocenters. The maximum atomic E-state index is 4.87. The molecule has 0 fully saturated rings. The van der Waals surface area contributed by atoms with Crippen LogP contribution in [-0.4, -0.2) is 5.16 Å². The quantitative estimate of drug-likeness (QED) is 0.701. The fraction of sp³-hybridized carbons (Fsp3) is 0.364. The maximum absolute atomic E-state index is 4.87. The normalized spacial score (nSPS) is 11.3. The highest BCUT2D eigenvalue weighted by Gasteiger charge is 2.01. The standard InChI is InChI=1S/C11H13NO/c1-8(2)5-9-3-4-10-7-13-12-11(10)6-9/h3-4,6-8H,5H2,1-2H3. The van der Waals surface area contributed by atoms with Crippen LogP contribution in [0.4, 0.5) is 0 Å². The topological polar surface area (TPSA) is 26.0 Å². The van der Waals surface area contributed by atoms with E-state index in [1.807, 2.05) is 0 Å². The van der Waals surface area contributed by atoms with Gasteiger partial charge in [-0.15, -0.1) is 0 Å². The molecule has 2 heteroatoms. The Morgan fingerprint density at radius 1 is 1.38 bits per heavy atom. The van der Waals surface area contributed by atoms with E-state index in [0.29, 0.717) is 5.92 Å². The number of benzene rings is 1. The van der Waals surface area contributed by atoms with Gasteiger partial charge in [0.05, 0.1) is 0 Å². The molecule has 0 N–H and O–H groups in total. The minimum atomic E-state index is 0.685. The van der Waals surface area contributed by atoms with Gasteiger partial charge in [0, 0.05) is 5.39 Å². The predicted molar refractivity (Wildman–Crippen MR) is 52.6 cm³/mol. The molecular weight excluding hydrogens is 162 g/mol. The largest absolute Gasteiger partial charge is 0.364 e. The zero-order chi connectivity index (χ0) is 9.26. The summed E-state index contributed by atoms with van der Waals surface area (Å²) in [6.45, 7) is 4.43. The summed E-state index contributed by atoms with van der Waals surface area (Å²) in [6, 6.07) is 6.29. The first-order valence-electron chi connectivity index (χ1n) is 4.59. The molecule has 1 aromatic carbocycles. The summed E-state index contributed by atoms with van der Waals surface area (Å²) in [5.74, 6) is 0.685. The Labute approximate surface area is 77.5 Å². The van der Waals surface area contributed by atoms with E-state index in [0.717, 1.165) is 17.3 Å². The summed E-state index contributed by atoms with van der Waals surface area (Å²) in [6.07, 6.45) is 2.78. The number of hydrogen-bond acceptors (Lipinski definition) is 2. The Kier molecular flexibility index (Phi) is 2.05. The second-order valence-electron chi connectivity index (χ2n) is 3.81. The SMILES string of the molecule is CC(C)Cc1ccc2conc2c1. The van der Waals surface area contributed by atoms with Crippen molar-refractivity contribution in [1.29, 1.82) is 0 Å². The van der Waals surface area contributed by atoms with Crippen LogP contribution in [0.25, 0.3) is 10.9 Å². The van der Waals surface area contributed by atoms with Gasteiger partial charge in [-0.25, -0.2) is 0 Å². The molecule has 0 atom stereocenters. The summed E-state index contributed by atoms with van der Waals surface area (Å²) in [5.41, 5.74) is 2.29. The molecule has 2 aromatic rings. The molecule has 2 rings (SSSR count). The van der Waals surface area contributed by atoms with Crippen LogP contribution >= 0.6 is 0 Å². The molecule has 0 amide bonds. The lowest BCUT2D eigenvalue weighted by Gasteiger charge is -2.03. The third-order valence-corrected chi connectivity index (χ3v) is 2.07. The van der Waals surface area contributed by atoms with Crippen molar-refractivity contribution in [1.82, 2.24) is 5.16 Å². The number of fused-ring (bicyclic) bond motifs is 1. The molecule has 0 saturated heterocycles. The number of nitrogens with zero attached hydrogens (tertiary/aromatic N) is 1. The minimum Gasteiger partial charge on any atom is -0.364 e. The predicted octanol–water partition coefficient (Wildman–Crippen LogP) is 3.03. The molecular formula is C11H13NO. The monoisotopic (exact) mass is 175 g/mol. The molecule has 13 heavy (non-hydrogen) atoms. The van der Waals surface area contributed by atoms with Crippen LogP contribution in [0.15, 0.2) is 29.0 Å². The van der Waals surface area contributed by atoms with Gasteiger partial charge in [-0.1, -0.05) is 25.1 Å². The van der Waals surface area contributed by atoms with Gasteiger partial charge < -0.3 is 4.52 Å². The highest BCUT2D eigenvalue weighted by atomic mass is 16.5. The van der Waals surface area contributed by atoms with E-state index < -0.39 is 0 Å². The van der Waals surface area contributed by atoms with Gasteiger partial charge in [0.1, 0.15) is 11.8 Å². The summed E-state index contributed by atoms with van der Waals surface area (Å²) in [4.78, 5) is 0. The zero-order valence-electron chi connectivity index (χ0n) is 7.95. The van der Waals surface area contributed by atoms with E-state index >= 15 is 0 Å². The van der Waals surface area contributed by atoms with E-state index in [9.17, 15) is 0 Å². The maximum Gasteiger partial charge on any atom is 0.131 e. The van der Waals surface area contributed by atoms with Crippen molar-refractivity contribution in [3.05, 3.63) is 30.0 Å². The Morgan fingerprint density at radius 2 is 2.23 bits per heavy atom. The molecule has 0 saturated carbocycles. The second kappa shape index (κ2) is 3.21.